The summed E-state index contributed by atoms with van der Waals surface area (Å²) in [4.78, 5) is 14.5. The Labute approximate surface area is 108 Å². The van der Waals surface area contributed by atoms with Crippen molar-refractivity contribution in [2.75, 3.05) is 18.8 Å². The Balaban J connectivity index is 1.79. The number of nitrogens with zero attached hydrogens (tertiary/aromatic N) is 2. The molecule has 4 heteroatoms. The summed E-state index contributed by atoms with van der Waals surface area (Å²) < 4.78 is 2.08. The predicted molar refractivity (Wildman–Crippen MR) is 71.4 cm³/mol. The number of carbonyl (C=O) groups is 1. The van der Waals surface area contributed by atoms with Crippen LogP contribution < -0.4 is 5.73 Å². The van der Waals surface area contributed by atoms with Gasteiger partial charge < -0.3 is 15.2 Å². The molecule has 18 heavy (non-hydrogen) atoms. The minimum atomic E-state index is 0.158. The molecule has 1 amide bonds. The molecule has 2 fully saturated rings. The third-order valence-electron chi connectivity index (χ3n) is 4.10. The highest BCUT2D eigenvalue weighted by atomic mass is 16.2. The number of anilines is 1. The molecule has 1 saturated carbocycles. The Hall–Kier alpha value is -1.45. The number of hydrogen-bond donors (Lipinski definition) is 1. The number of rotatable bonds is 2. The van der Waals surface area contributed by atoms with Crippen LogP contribution in [-0.2, 0) is 0 Å². The lowest BCUT2D eigenvalue weighted by atomic mass is 9.99. The molecule has 0 spiro atoms. The van der Waals surface area contributed by atoms with Crippen molar-refractivity contribution in [3.05, 3.63) is 18.0 Å². The van der Waals surface area contributed by atoms with E-state index in [1.807, 2.05) is 17.2 Å². The van der Waals surface area contributed by atoms with Gasteiger partial charge in [-0.3, -0.25) is 4.79 Å². The third-order valence-corrected chi connectivity index (χ3v) is 4.10. The van der Waals surface area contributed by atoms with Crippen LogP contribution in [0.1, 0.15) is 49.1 Å². The normalized spacial score (nSPS) is 21.3. The Morgan fingerprint density at radius 3 is 2.56 bits per heavy atom. The van der Waals surface area contributed by atoms with E-state index in [4.69, 9.17) is 5.73 Å². The van der Waals surface area contributed by atoms with E-state index in [0.29, 0.717) is 11.7 Å². The van der Waals surface area contributed by atoms with Crippen molar-refractivity contribution in [3.63, 3.8) is 0 Å². The molecule has 0 bridgehead atoms. The molecule has 2 N–H and O–H groups in total. The van der Waals surface area contributed by atoms with Gasteiger partial charge in [0.15, 0.2) is 0 Å². The average Bonchev–Trinajstić information content (AvgIpc) is 3.13. The summed E-state index contributed by atoms with van der Waals surface area (Å²) in [5.74, 6) is 0.903. The molecule has 0 radical (unpaired) electrons. The fourth-order valence-corrected chi connectivity index (χ4v) is 2.70. The number of piperidine rings is 1. The maximum Gasteiger partial charge on any atom is 0.270 e. The van der Waals surface area contributed by atoms with Gasteiger partial charge in [0.05, 0.1) is 5.69 Å². The standard InChI is InChI=1S/C14H21N3O/c1-10-4-6-16(7-5-10)14(18)13-8-11(15)9-17(13)12-2-3-12/h8-10,12H,2-7,15H2,1H3. The lowest BCUT2D eigenvalue weighted by molar-refractivity contribution is 0.0686. The Morgan fingerprint density at radius 2 is 1.94 bits per heavy atom. The summed E-state index contributed by atoms with van der Waals surface area (Å²) in [5.41, 5.74) is 7.33. The number of amides is 1. The zero-order valence-corrected chi connectivity index (χ0v) is 10.9. The molecule has 0 atom stereocenters. The van der Waals surface area contributed by atoms with E-state index in [2.05, 4.69) is 11.5 Å². The first-order valence-corrected chi connectivity index (χ1v) is 6.92. The monoisotopic (exact) mass is 247 g/mol. The van der Waals surface area contributed by atoms with Crippen molar-refractivity contribution in [1.29, 1.82) is 0 Å². The summed E-state index contributed by atoms with van der Waals surface area (Å²) >= 11 is 0. The van der Waals surface area contributed by atoms with Crippen molar-refractivity contribution < 1.29 is 4.79 Å². The second-order valence-corrected chi connectivity index (χ2v) is 5.77. The quantitative estimate of drug-likeness (QED) is 0.871. The van der Waals surface area contributed by atoms with Crippen LogP contribution >= 0.6 is 0 Å². The van der Waals surface area contributed by atoms with E-state index < -0.39 is 0 Å². The molecule has 1 aromatic heterocycles. The molecule has 98 valence electrons. The molecule has 1 aromatic rings. The van der Waals surface area contributed by atoms with Crippen LogP contribution in [0.3, 0.4) is 0 Å². The number of likely N-dealkylation sites (tertiary alicyclic amines) is 1. The van der Waals surface area contributed by atoms with Crippen molar-refractivity contribution >= 4 is 11.6 Å². The molecular formula is C14H21N3O. The van der Waals surface area contributed by atoms with Gasteiger partial charge in [-0.05, 0) is 37.7 Å². The van der Waals surface area contributed by atoms with Crippen LogP contribution in [0, 0.1) is 5.92 Å². The molecule has 3 rings (SSSR count). The lowest BCUT2D eigenvalue weighted by Gasteiger charge is -2.30. The third kappa shape index (κ3) is 2.11. The average molecular weight is 247 g/mol. The van der Waals surface area contributed by atoms with E-state index in [-0.39, 0.29) is 5.91 Å². The van der Waals surface area contributed by atoms with Crippen LogP contribution in [0.2, 0.25) is 0 Å². The zero-order chi connectivity index (χ0) is 12.7. The summed E-state index contributed by atoms with van der Waals surface area (Å²) in [6.45, 7) is 4.03. The number of nitrogen functional groups attached to an aromatic ring is 1. The van der Waals surface area contributed by atoms with Crippen molar-refractivity contribution in [3.8, 4) is 0 Å². The molecule has 2 aliphatic rings. The highest BCUT2D eigenvalue weighted by Crippen LogP contribution is 2.37. The molecule has 1 aliphatic carbocycles. The first-order chi connectivity index (χ1) is 8.65. The smallest absolute Gasteiger partial charge is 0.270 e. The minimum Gasteiger partial charge on any atom is -0.397 e. The van der Waals surface area contributed by atoms with E-state index in [0.717, 1.165) is 37.5 Å². The van der Waals surface area contributed by atoms with Crippen LogP contribution in [0.5, 0.6) is 0 Å². The molecule has 1 saturated heterocycles. The van der Waals surface area contributed by atoms with Gasteiger partial charge >= 0.3 is 0 Å². The Morgan fingerprint density at radius 1 is 1.28 bits per heavy atom. The molecule has 1 aliphatic heterocycles. The molecule has 0 unspecified atom stereocenters. The van der Waals surface area contributed by atoms with Gasteiger partial charge in [-0.2, -0.15) is 0 Å². The molecule has 2 heterocycles. The molecule has 4 nitrogen and oxygen atoms in total. The largest absolute Gasteiger partial charge is 0.397 e. The second-order valence-electron chi connectivity index (χ2n) is 5.77. The first-order valence-electron chi connectivity index (χ1n) is 6.92. The van der Waals surface area contributed by atoms with Gasteiger partial charge in [-0.1, -0.05) is 6.92 Å². The number of nitrogens with two attached hydrogens (primary N) is 1. The van der Waals surface area contributed by atoms with Gasteiger partial charge in [0.2, 0.25) is 0 Å². The highest BCUT2D eigenvalue weighted by molar-refractivity contribution is 5.94. The maximum atomic E-state index is 12.5. The lowest BCUT2D eigenvalue weighted by Crippen LogP contribution is -2.38. The zero-order valence-electron chi connectivity index (χ0n) is 10.9. The Bertz CT molecular complexity index is 454. The van der Waals surface area contributed by atoms with Crippen molar-refractivity contribution in [2.45, 2.75) is 38.6 Å². The second kappa shape index (κ2) is 4.34. The fourth-order valence-electron chi connectivity index (χ4n) is 2.70. The van der Waals surface area contributed by atoms with E-state index >= 15 is 0 Å². The first kappa shape index (κ1) is 11.6. The highest BCUT2D eigenvalue weighted by Gasteiger charge is 2.30. The fraction of sp³-hybridized carbons (Fsp3) is 0.643. The van der Waals surface area contributed by atoms with Gasteiger partial charge in [-0.25, -0.2) is 0 Å². The van der Waals surface area contributed by atoms with E-state index in [1.165, 1.54) is 12.8 Å². The summed E-state index contributed by atoms with van der Waals surface area (Å²) in [6, 6.07) is 2.34. The van der Waals surface area contributed by atoms with Gasteiger partial charge in [0.25, 0.3) is 5.91 Å². The maximum absolute atomic E-state index is 12.5. The minimum absolute atomic E-state index is 0.158. The van der Waals surface area contributed by atoms with Crippen LogP contribution in [-0.4, -0.2) is 28.5 Å². The summed E-state index contributed by atoms with van der Waals surface area (Å²) in [7, 11) is 0. The predicted octanol–water partition coefficient (Wildman–Crippen LogP) is 2.28. The van der Waals surface area contributed by atoms with Crippen molar-refractivity contribution in [1.82, 2.24) is 9.47 Å². The van der Waals surface area contributed by atoms with Crippen LogP contribution in [0.4, 0.5) is 5.69 Å². The number of carbonyl (C=O) groups excluding carboxylic acids is 1. The van der Waals surface area contributed by atoms with Gasteiger partial charge in [0.1, 0.15) is 5.69 Å². The van der Waals surface area contributed by atoms with Gasteiger partial charge in [-0.15, -0.1) is 0 Å². The van der Waals surface area contributed by atoms with E-state index in [9.17, 15) is 4.79 Å². The van der Waals surface area contributed by atoms with E-state index in [1.54, 1.807) is 0 Å². The summed E-state index contributed by atoms with van der Waals surface area (Å²) in [5, 5.41) is 0. The van der Waals surface area contributed by atoms with Gasteiger partial charge in [0, 0.05) is 25.3 Å². The number of aromatic nitrogens is 1. The topological polar surface area (TPSA) is 51.3 Å². The summed E-state index contributed by atoms with van der Waals surface area (Å²) in [6.07, 6.45) is 6.49. The molecule has 0 aromatic carbocycles. The van der Waals surface area contributed by atoms with Crippen molar-refractivity contribution in [2.24, 2.45) is 5.92 Å². The van der Waals surface area contributed by atoms with Crippen LogP contribution in [0.15, 0.2) is 12.3 Å². The van der Waals surface area contributed by atoms with Crippen LogP contribution in [0.25, 0.3) is 0 Å². The Kier molecular flexibility index (Phi) is 2.80. The SMILES string of the molecule is CC1CCN(C(=O)c2cc(N)cn2C2CC2)CC1. The molecular weight excluding hydrogens is 226 g/mol. The number of hydrogen-bond acceptors (Lipinski definition) is 2.